The Morgan fingerprint density at radius 1 is 1.07 bits per heavy atom. The van der Waals surface area contributed by atoms with Gasteiger partial charge in [-0.2, -0.15) is 0 Å². The van der Waals surface area contributed by atoms with E-state index in [1.54, 1.807) is 0 Å². The maximum absolute atomic E-state index is 11.2. The summed E-state index contributed by atoms with van der Waals surface area (Å²) in [5.74, 6) is 0.492. The quantitative estimate of drug-likeness (QED) is 0.507. The van der Waals surface area contributed by atoms with E-state index in [0.29, 0.717) is 0 Å². The first-order valence-corrected chi connectivity index (χ1v) is 10.2. The Morgan fingerprint density at radius 3 is 2.64 bits per heavy atom. The Balaban J connectivity index is 0.00000280. The van der Waals surface area contributed by atoms with Crippen LogP contribution in [0.2, 0.25) is 0 Å². The third-order valence-corrected chi connectivity index (χ3v) is 5.38. The Hall–Kier alpha value is -2.07. The SMILES string of the molecule is Cl.O=C(O)CC(CCCCCCc1ccc2c(n1)NCCC2)c1ccccc1. The molecule has 2 N–H and O–H groups in total. The molecule has 1 aromatic carbocycles. The van der Waals surface area contributed by atoms with Crippen molar-refractivity contribution in [3.05, 3.63) is 59.3 Å². The maximum Gasteiger partial charge on any atom is 0.303 e. The second kappa shape index (κ2) is 11.7. The smallest absolute Gasteiger partial charge is 0.303 e. The van der Waals surface area contributed by atoms with Crippen LogP contribution in [0.3, 0.4) is 0 Å². The number of aromatic nitrogens is 1. The molecule has 0 bridgehead atoms. The Bertz CT molecular complexity index is 737. The third kappa shape index (κ3) is 6.83. The van der Waals surface area contributed by atoms with Gasteiger partial charge >= 0.3 is 5.97 Å². The molecular formula is C23H31ClN2O2. The summed E-state index contributed by atoms with van der Waals surface area (Å²) >= 11 is 0. The van der Waals surface area contributed by atoms with Gasteiger partial charge in [0.1, 0.15) is 5.82 Å². The van der Waals surface area contributed by atoms with Crippen molar-refractivity contribution in [2.45, 2.75) is 63.7 Å². The predicted molar refractivity (Wildman–Crippen MR) is 117 cm³/mol. The monoisotopic (exact) mass is 402 g/mol. The Kier molecular flexibility index (Phi) is 9.29. The summed E-state index contributed by atoms with van der Waals surface area (Å²) in [6.45, 7) is 1.03. The summed E-state index contributed by atoms with van der Waals surface area (Å²) in [7, 11) is 0. The standard InChI is InChI=1S/C23H30N2O2.ClH/c26-22(27)17-20(18-9-5-3-6-10-18)11-4-1-2-7-13-21-15-14-19-12-8-16-24-23(19)25-21;/h3,5-6,9-10,14-15,20H,1-2,4,7-8,11-13,16-17H2,(H,24,25)(H,26,27);1H. The van der Waals surface area contributed by atoms with E-state index in [2.05, 4.69) is 17.4 Å². The number of pyridine rings is 1. The van der Waals surface area contributed by atoms with Gasteiger partial charge in [-0.1, -0.05) is 55.7 Å². The zero-order valence-corrected chi connectivity index (χ0v) is 17.2. The Labute approximate surface area is 174 Å². The van der Waals surface area contributed by atoms with Gasteiger partial charge in [-0.05, 0) is 55.2 Å². The van der Waals surface area contributed by atoms with E-state index in [-0.39, 0.29) is 24.7 Å². The number of fused-ring (bicyclic) bond motifs is 1. The van der Waals surface area contributed by atoms with Crippen LogP contribution >= 0.6 is 12.4 Å². The van der Waals surface area contributed by atoms with Crippen LogP contribution in [0.15, 0.2) is 42.5 Å². The van der Waals surface area contributed by atoms with Crippen LogP contribution in [-0.2, 0) is 17.6 Å². The summed E-state index contributed by atoms with van der Waals surface area (Å²) < 4.78 is 0. The van der Waals surface area contributed by atoms with E-state index >= 15 is 0 Å². The number of rotatable bonds is 10. The summed E-state index contributed by atoms with van der Waals surface area (Å²) in [5.41, 5.74) is 3.66. The van der Waals surface area contributed by atoms with E-state index in [0.717, 1.165) is 56.5 Å². The number of hydrogen-bond donors (Lipinski definition) is 2. The van der Waals surface area contributed by atoms with E-state index in [1.807, 2.05) is 30.3 Å². The van der Waals surface area contributed by atoms with Crippen molar-refractivity contribution in [2.75, 3.05) is 11.9 Å². The highest BCUT2D eigenvalue weighted by Gasteiger charge is 2.15. The molecule has 28 heavy (non-hydrogen) atoms. The van der Waals surface area contributed by atoms with Gasteiger partial charge in [0.2, 0.25) is 0 Å². The highest BCUT2D eigenvalue weighted by atomic mass is 35.5. The van der Waals surface area contributed by atoms with Crippen molar-refractivity contribution in [3.8, 4) is 0 Å². The minimum absolute atomic E-state index is 0. The van der Waals surface area contributed by atoms with Gasteiger partial charge in [0, 0.05) is 12.2 Å². The number of nitrogens with zero attached hydrogens (tertiary/aromatic N) is 1. The molecule has 1 aliphatic heterocycles. The molecule has 0 fully saturated rings. The van der Waals surface area contributed by atoms with E-state index in [4.69, 9.17) is 4.98 Å². The van der Waals surface area contributed by atoms with Gasteiger partial charge in [0.05, 0.1) is 6.42 Å². The van der Waals surface area contributed by atoms with Crippen LogP contribution < -0.4 is 5.32 Å². The fraction of sp³-hybridized carbons (Fsp3) is 0.478. The lowest BCUT2D eigenvalue weighted by atomic mass is 9.90. The molecule has 0 radical (unpaired) electrons. The van der Waals surface area contributed by atoms with Crippen LogP contribution in [0.25, 0.3) is 0 Å². The van der Waals surface area contributed by atoms with Gasteiger partial charge in [-0.3, -0.25) is 4.79 Å². The number of anilines is 1. The van der Waals surface area contributed by atoms with Crippen molar-refractivity contribution < 1.29 is 9.90 Å². The molecule has 1 atom stereocenters. The third-order valence-electron chi connectivity index (χ3n) is 5.38. The van der Waals surface area contributed by atoms with E-state index < -0.39 is 5.97 Å². The number of aryl methyl sites for hydroxylation is 2. The summed E-state index contributed by atoms with van der Waals surface area (Å²) in [6, 6.07) is 14.4. The Morgan fingerprint density at radius 2 is 1.86 bits per heavy atom. The van der Waals surface area contributed by atoms with Gasteiger partial charge in [0.25, 0.3) is 0 Å². The number of carbonyl (C=O) groups is 1. The van der Waals surface area contributed by atoms with Crippen LogP contribution in [-0.4, -0.2) is 22.6 Å². The second-order valence-electron chi connectivity index (χ2n) is 7.50. The van der Waals surface area contributed by atoms with Crippen LogP contribution in [0.1, 0.15) is 67.7 Å². The highest BCUT2D eigenvalue weighted by Crippen LogP contribution is 2.26. The maximum atomic E-state index is 11.2. The van der Waals surface area contributed by atoms with Crippen molar-refractivity contribution >= 4 is 24.2 Å². The molecule has 1 aliphatic rings. The number of nitrogens with one attached hydrogen (secondary N) is 1. The first-order chi connectivity index (χ1) is 13.2. The highest BCUT2D eigenvalue weighted by molar-refractivity contribution is 5.85. The average molecular weight is 403 g/mol. The molecule has 0 saturated carbocycles. The average Bonchev–Trinajstić information content (AvgIpc) is 2.70. The van der Waals surface area contributed by atoms with Crippen LogP contribution in [0, 0.1) is 0 Å². The lowest BCUT2D eigenvalue weighted by Crippen LogP contribution is -2.13. The molecule has 1 aromatic heterocycles. The summed E-state index contributed by atoms with van der Waals surface area (Å²) in [4.78, 5) is 15.9. The van der Waals surface area contributed by atoms with Crippen molar-refractivity contribution in [3.63, 3.8) is 0 Å². The van der Waals surface area contributed by atoms with Gasteiger partial charge in [-0.25, -0.2) is 4.98 Å². The fourth-order valence-electron chi connectivity index (χ4n) is 3.88. The first kappa shape index (κ1) is 22.2. The number of halogens is 1. The largest absolute Gasteiger partial charge is 0.481 e. The normalized spacial score (nSPS) is 13.7. The second-order valence-corrected chi connectivity index (χ2v) is 7.50. The predicted octanol–water partition coefficient (Wildman–Crippen LogP) is 5.61. The molecule has 0 saturated heterocycles. The molecule has 0 spiro atoms. The minimum Gasteiger partial charge on any atom is -0.481 e. The zero-order chi connectivity index (χ0) is 18.9. The fourth-order valence-corrected chi connectivity index (χ4v) is 3.88. The topological polar surface area (TPSA) is 62.2 Å². The van der Waals surface area contributed by atoms with Gasteiger partial charge < -0.3 is 10.4 Å². The van der Waals surface area contributed by atoms with Gasteiger partial charge in [-0.15, -0.1) is 12.4 Å². The number of carboxylic acid groups (broad SMARTS) is 1. The van der Waals surface area contributed by atoms with E-state index in [1.165, 1.54) is 24.1 Å². The molecule has 0 aliphatic carbocycles. The number of benzene rings is 1. The number of hydrogen-bond acceptors (Lipinski definition) is 3. The molecule has 1 unspecified atom stereocenters. The molecule has 5 heteroatoms. The zero-order valence-electron chi connectivity index (χ0n) is 16.4. The molecular weight excluding hydrogens is 372 g/mol. The number of carboxylic acids is 1. The molecule has 3 rings (SSSR count). The summed E-state index contributed by atoms with van der Waals surface area (Å²) in [5, 5.41) is 12.6. The molecule has 152 valence electrons. The number of unbranched alkanes of at least 4 members (excludes halogenated alkanes) is 3. The van der Waals surface area contributed by atoms with Crippen molar-refractivity contribution in [2.24, 2.45) is 0 Å². The van der Waals surface area contributed by atoms with E-state index in [9.17, 15) is 9.90 Å². The van der Waals surface area contributed by atoms with Crippen molar-refractivity contribution in [1.29, 1.82) is 0 Å². The molecule has 4 nitrogen and oxygen atoms in total. The lowest BCUT2D eigenvalue weighted by Gasteiger charge is -2.17. The van der Waals surface area contributed by atoms with Crippen molar-refractivity contribution in [1.82, 2.24) is 4.98 Å². The lowest BCUT2D eigenvalue weighted by molar-refractivity contribution is -0.137. The first-order valence-electron chi connectivity index (χ1n) is 10.2. The molecule has 2 aromatic rings. The van der Waals surface area contributed by atoms with Crippen LogP contribution in [0.4, 0.5) is 5.82 Å². The molecule has 2 heterocycles. The summed E-state index contributed by atoms with van der Waals surface area (Å²) in [6.07, 6.45) is 9.04. The van der Waals surface area contributed by atoms with Crippen LogP contribution in [0.5, 0.6) is 0 Å². The van der Waals surface area contributed by atoms with Gasteiger partial charge in [0.15, 0.2) is 0 Å². The minimum atomic E-state index is -0.712. The number of aliphatic carboxylic acids is 1. The molecule has 0 amide bonds.